The Bertz CT molecular complexity index is 477. The molecule has 2 rings (SSSR count). The lowest BCUT2D eigenvalue weighted by atomic mass is 10.2. The molecule has 0 saturated heterocycles. The molecule has 1 aromatic heterocycles. The smallest absolute Gasteiger partial charge is 0.189 e. The SMILES string of the molecule is O=S([O-])c1ccc2[nH]c(O)cc2c1. The van der Waals surface area contributed by atoms with E-state index in [1.807, 2.05) is 0 Å². The molecule has 2 N–H and O–H groups in total. The average Bonchev–Trinajstić information content (AvgIpc) is 2.42. The molecular formula is C8H6NO3S-. The Morgan fingerprint density at radius 1 is 1.38 bits per heavy atom. The maximum absolute atomic E-state index is 10.6. The standard InChI is InChI=1S/C8H7NO3S/c10-8-4-5-3-6(13(11)12)1-2-7(5)9-8/h1-4,9-10H,(H,11,12)/p-1. The Kier molecular flexibility index (Phi) is 1.82. The van der Waals surface area contributed by atoms with E-state index in [1.54, 1.807) is 6.07 Å². The molecule has 13 heavy (non-hydrogen) atoms. The Labute approximate surface area is 76.5 Å². The summed E-state index contributed by atoms with van der Waals surface area (Å²) in [6.07, 6.45) is 0. The van der Waals surface area contributed by atoms with Gasteiger partial charge in [-0.2, -0.15) is 0 Å². The second-order valence-corrected chi connectivity index (χ2v) is 3.58. The lowest BCUT2D eigenvalue weighted by Crippen LogP contribution is -1.86. The van der Waals surface area contributed by atoms with Crippen molar-refractivity contribution >= 4 is 22.0 Å². The van der Waals surface area contributed by atoms with Crippen molar-refractivity contribution in [3.63, 3.8) is 0 Å². The van der Waals surface area contributed by atoms with Gasteiger partial charge in [0.25, 0.3) is 0 Å². The second-order valence-electron chi connectivity index (χ2n) is 2.64. The van der Waals surface area contributed by atoms with E-state index in [0.717, 1.165) is 0 Å². The third-order valence-electron chi connectivity index (χ3n) is 1.77. The van der Waals surface area contributed by atoms with Crippen LogP contribution in [0.15, 0.2) is 29.2 Å². The van der Waals surface area contributed by atoms with E-state index in [1.165, 1.54) is 18.2 Å². The van der Waals surface area contributed by atoms with Crippen molar-refractivity contribution < 1.29 is 13.9 Å². The molecule has 68 valence electrons. The molecular weight excluding hydrogens is 190 g/mol. The Morgan fingerprint density at radius 2 is 2.15 bits per heavy atom. The van der Waals surface area contributed by atoms with Gasteiger partial charge in [0.15, 0.2) is 5.88 Å². The molecule has 1 heterocycles. The van der Waals surface area contributed by atoms with Crippen molar-refractivity contribution in [2.45, 2.75) is 4.90 Å². The highest BCUT2D eigenvalue weighted by Gasteiger charge is 2.00. The number of H-pyrrole nitrogens is 1. The minimum absolute atomic E-state index is 0.0313. The minimum Gasteiger partial charge on any atom is -0.768 e. The largest absolute Gasteiger partial charge is 0.768 e. The van der Waals surface area contributed by atoms with Gasteiger partial charge in [-0.3, -0.25) is 4.21 Å². The summed E-state index contributed by atoms with van der Waals surface area (Å²) in [7, 11) is 0. The van der Waals surface area contributed by atoms with Crippen LogP contribution in [0, 0.1) is 0 Å². The first-order valence-corrected chi connectivity index (χ1v) is 4.65. The van der Waals surface area contributed by atoms with E-state index in [4.69, 9.17) is 5.11 Å². The van der Waals surface area contributed by atoms with Gasteiger partial charge >= 0.3 is 0 Å². The molecule has 0 radical (unpaired) electrons. The van der Waals surface area contributed by atoms with Crippen LogP contribution in [0.25, 0.3) is 10.9 Å². The highest BCUT2D eigenvalue weighted by Crippen LogP contribution is 2.21. The quantitative estimate of drug-likeness (QED) is 0.671. The highest BCUT2D eigenvalue weighted by atomic mass is 32.2. The summed E-state index contributed by atoms with van der Waals surface area (Å²) in [6.45, 7) is 0. The van der Waals surface area contributed by atoms with Gasteiger partial charge in [-0.1, -0.05) is 0 Å². The number of aromatic amines is 1. The summed E-state index contributed by atoms with van der Waals surface area (Å²) < 4.78 is 21.2. The molecule has 4 nitrogen and oxygen atoms in total. The van der Waals surface area contributed by atoms with Gasteiger partial charge in [0.1, 0.15) is 0 Å². The van der Waals surface area contributed by atoms with E-state index in [0.29, 0.717) is 10.9 Å². The number of aromatic nitrogens is 1. The van der Waals surface area contributed by atoms with Crippen LogP contribution in [0.2, 0.25) is 0 Å². The summed E-state index contributed by atoms with van der Waals surface area (Å²) >= 11 is -2.22. The molecule has 2 aromatic rings. The lowest BCUT2D eigenvalue weighted by Gasteiger charge is -2.03. The van der Waals surface area contributed by atoms with Gasteiger partial charge in [0.2, 0.25) is 0 Å². The predicted octanol–water partition coefficient (Wildman–Crippen LogP) is 1.11. The molecule has 1 unspecified atom stereocenters. The van der Waals surface area contributed by atoms with Gasteiger partial charge in [-0.15, -0.1) is 0 Å². The predicted molar refractivity (Wildman–Crippen MR) is 47.1 cm³/mol. The summed E-state index contributed by atoms with van der Waals surface area (Å²) in [4.78, 5) is 2.89. The molecule has 0 amide bonds. The van der Waals surface area contributed by atoms with E-state index in [9.17, 15) is 8.76 Å². The molecule has 0 aliphatic heterocycles. The van der Waals surface area contributed by atoms with Crippen LogP contribution in [0.3, 0.4) is 0 Å². The van der Waals surface area contributed by atoms with Crippen molar-refractivity contribution in [3.05, 3.63) is 24.3 Å². The van der Waals surface area contributed by atoms with Gasteiger partial charge in [-0.25, -0.2) is 0 Å². The Hall–Kier alpha value is -1.33. The molecule has 1 atom stereocenters. The van der Waals surface area contributed by atoms with Crippen LogP contribution in [-0.2, 0) is 11.1 Å². The van der Waals surface area contributed by atoms with Crippen molar-refractivity contribution in [3.8, 4) is 5.88 Å². The fraction of sp³-hybridized carbons (Fsp3) is 0. The third kappa shape index (κ3) is 1.43. The first kappa shape index (κ1) is 8.28. The molecule has 0 aliphatic carbocycles. The fourth-order valence-electron chi connectivity index (χ4n) is 1.20. The second kappa shape index (κ2) is 2.86. The molecule has 0 bridgehead atoms. The summed E-state index contributed by atoms with van der Waals surface area (Å²) in [6, 6.07) is 6.06. The summed E-state index contributed by atoms with van der Waals surface area (Å²) in [5, 5.41) is 9.76. The van der Waals surface area contributed by atoms with Crippen LogP contribution in [0.4, 0.5) is 0 Å². The lowest BCUT2D eigenvalue weighted by molar-refractivity contribution is 0.458. The minimum atomic E-state index is -2.22. The van der Waals surface area contributed by atoms with Crippen molar-refractivity contribution in [1.82, 2.24) is 4.98 Å². The Balaban J connectivity index is 2.67. The van der Waals surface area contributed by atoms with Crippen LogP contribution in [0.1, 0.15) is 0 Å². The van der Waals surface area contributed by atoms with Gasteiger partial charge in [-0.05, 0) is 29.3 Å². The summed E-state index contributed by atoms with van der Waals surface area (Å²) in [5.41, 5.74) is 0.715. The van der Waals surface area contributed by atoms with Crippen molar-refractivity contribution in [1.29, 1.82) is 0 Å². The normalized spacial score (nSPS) is 13.3. The zero-order valence-electron chi connectivity index (χ0n) is 6.48. The molecule has 0 saturated carbocycles. The maximum atomic E-state index is 10.6. The molecule has 5 heteroatoms. The van der Waals surface area contributed by atoms with E-state index in [2.05, 4.69) is 4.98 Å². The van der Waals surface area contributed by atoms with Gasteiger partial charge in [0, 0.05) is 21.9 Å². The maximum Gasteiger partial charge on any atom is 0.189 e. The average molecular weight is 196 g/mol. The number of rotatable bonds is 1. The highest BCUT2D eigenvalue weighted by molar-refractivity contribution is 7.79. The fourth-order valence-corrected chi connectivity index (χ4v) is 1.60. The number of hydrogen-bond acceptors (Lipinski definition) is 3. The molecule has 0 fully saturated rings. The van der Waals surface area contributed by atoms with E-state index in [-0.39, 0.29) is 10.8 Å². The number of nitrogens with one attached hydrogen (secondary N) is 1. The molecule has 1 aromatic carbocycles. The topological polar surface area (TPSA) is 76.1 Å². The summed E-state index contributed by atoms with van der Waals surface area (Å²) in [5.74, 6) is 0.0313. The zero-order valence-corrected chi connectivity index (χ0v) is 7.30. The third-order valence-corrected chi connectivity index (χ3v) is 2.41. The van der Waals surface area contributed by atoms with Crippen LogP contribution < -0.4 is 0 Å². The number of aromatic hydroxyl groups is 1. The first-order valence-electron chi connectivity index (χ1n) is 3.58. The van der Waals surface area contributed by atoms with Crippen LogP contribution in [0.5, 0.6) is 5.88 Å². The molecule has 0 aliphatic rings. The van der Waals surface area contributed by atoms with Crippen LogP contribution in [-0.4, -0.2) is 18.9 Å². The van der Waals surface area contributed by atoms with E-state index < -0.39 is 11.1 Å². The first-order chi connectivity index (χ1) is 6.16. The number of benzene rings is 1. The van der Waals surface area contributed by atoms with Crippen molar-refractivity contribution in [2.75, 3.05) is 0 Å². The van der Waals surface area contributed by atoms with Gasteiger partial charge < -0.3 is 14.6 Å². The van der Waals surface area contributed by atoms with Gasteiger partial charge in [0.05, 0.1) is 0 Å². The van der Waals surface area contributed by atoms with E-state index >= 15 is 0 Å². The Morgan fingerprint density at radius 3 is 2.85 bits per heavy atom. The van der Waals surface area contributed by atoms with Crippen LogP contribution >= 0.6 is 0 Å². The zero-order chi connectivity index (χ0) is 9.42. The van der Waals surface area contributed by atoms with Crippen molar-refractivity contribution in [2.24, 2.45) is 0 Å². The molecule has 0 spiro atoms. The number of hydrogen-bond donors (Lipinski definition) is 2. The monoisotopic (exact) mass is 196 g/mol. The number of fused-ring (bicyclic) bond motifs is 1.